The third-order valence-corrected chi connectivity index (χ3v) is 3.86. The Labute approximate surface area is 118 Å². The zero-order valence-electron chi connectivity index (χ0n) is 11.7. The van der Waals surface area contributed by atoms with E-state index in [1.54, 1.807) is 6.07 Å². The number of halogens is 1. The predicted molar refractivity (Wildman–Crippen MR) is 79.4 cm³/mol. The molecule has 20 heavy (non-hydrogen) atoms. The Morgan fingerprint density at radius 3 is 2.80 bits per heavy atom. The summed E-state index contributed by atoms with van der Waals surface area (Å²) in [5, 5.41) is 3.29. The first-order chi connectivity index (χ1) is 9.81. The fourth-order valence-corrected chi connectivity index (χ4v) is 2.76. The summed E-state index contributed by atoms with van der Waals surface area (Å²) in [6, 6.07) is 4.60. The molecule has 108 valence electrons. The van der Waals surface area contributed by atoms with Crippen molar-refractivity contribution >= 4 is 17.0 Å². The van der Waals surface area contributed by atoms with Gasteiger partial charge in [-0.05, 0) is 44.1 Å². The SMILES string of the molecule is Fc1ccc2nc(NCCN3CCCCCC3)[nH]c2c1. The van der Waals surface area contributed by atoms with Crippen LogP contribution in [0.5, 0.6) is 0 Å². The molecule has 4 nitrogen and oxygen atoms in total. The monoisotopic (exact) mass is 276 g/mol. The Morgan fingerprint density at radius 2 is 2.00 bits per heavy atom. The van der Waals surface area contributed by atoms with Crippen molar-refractivity contribution in [1.29, 1.82) is 0 Å². The number of likely N-dealkylation sites (tertiary alicyclic amines) is 1. The average molecular weight is 276 g/mol. The molecule has 1 saturated heterocycles. The smallest absolute Gasteiger partial charge is 0.201 e. The highest BCUT2D eigenvalue weighted by Gasteiger charge is 2.09. The van der Waals surface area contributed by atoms with Crippen LogP contribution < -0.4 is 5.32 Å². The number of nitrogens with zero attached hydrogens (tertiary/aromatic N) is 2. The molecular formula is C15H21FN4. The highest BCUT2D eigenvalue weighted by atomic mass is 19.1. The normalized spacial score (nSPS) is 17.2. The molecule has 1 aliphatic rings. The van der Waals surface area contributed by atoms with Crippen LogP contribution in [0.3, 0.4) is 0 Å². The topological polar surface area (TPSA) is 44.0 Å². The second-order valence-electron chi connectivity index (χ2n) is 5.43. The van der Waals surface area contributed by atoms with Gasteiger partial charge in [0.2, 0.25) is 5.95 Å². The van der Waals surface area contributed by atoms with Gasteiger partial charge in [0.15, 0.2) is 0 Å². The molecule has 0 atom stereocenters. The molecule has 0 spiro atoms. The number of benzene rings is 1. The summed E-state index contributed by atoms with van der Waals surface area (Å²) in [6.45, 7) is 4.30. The number of hydrogen-bond acceptors (Lipinski definition) is 3. The molecule has 0 amide bonds. The largest absolute Gasteiger partial charge is 0.355 e. The van der Waals surface area contributed by atoms with Gasteiger partial charge in [-0.1, -0.05) is 12.8 Å². The quantitative estimate of drug-likeness (QED) is 0.902. The van der Waals surface area contributed by atoms with Crippen LogP contribution in [0.2, 0.25) is 0 Å². The number of fused-ring (bicyclic) bond motifs is 1. The molecule has 1 fully saturated rings. The number of anilines is 1. The maximum absolute atomic E-state index is 13.1. The Kier molecular flexibility index (Phi) is 4.16. The van der Waals surface area contributed by atoms with Crippen LogP contribution >= 0.6 is 0 Å². The first kappa shape index (κ1) is 13.4. The molecule has 0 radical (unpaired) electrons. The Bertz CT molecular complexity index is 558. The first-order valence-electron chi connectivity index (χ1n) is 7.43. The van der Waals surface area contributed by atoms with E-state index in [9.17, 15) is 4.39 Å². The molecule has 5 heteroatoms. The Balaban J connectivity index is 1.54. The number of aromatic nitrogens is 2. The van der Waals surface area contributed by atoms with Crippen LogP contribution in [-0.4, -0.2) is 41.0 Å². The van der Waals surface area contributed by atoms with E-state index in [0.717, 1.165) is 30.1 Å². The van der Waals surface area contributed by atoms with E-state index in [2.05, 4.69) is 20.2 Å². The number of rotatable bonds is 4. The zero-order valence-corrected chi connectivity index (χ0v) is 11.7. The van der Waals surface area contributed by atoms with Gasteiger partial charge >= 0.3 is 0 Å². The van der Waals surface area contributed by atoms with E-state index in [-0.39, 0.29) is 5.82 Å². The van der Waals surface area contributed by atoms with Crippen LogP contribution in [0.1, 0.15) is 25.7 Å². The summed E-state index contributed by atoms with van der Waals surface area (Å²) in [5.41, 5.74) is 1.53. The van der Waals surface area contributed by atoms with E-state index in [1.807, 2.05) is 0 Å². The lowest BCUT2D eigenvalue weighted by atomic mass is 10.2. The van der Waals surface area contributed by atoms with Gasteiger partial charge in [0.1, 0.15) is 5.82 Å². The fourth-order valence-electron chi connectivity index (χ4n) is 2.76. The lowest BCUT2D eigenvalue weighted by Gasteiger charge is -2.19. The van der Waals surface area contributed by atoms with Gasteiger partial charge < -0.3 is 15.2 Å². The molecule has 0 bridgehead atoms. The summed E-state index contributed by atoms with van der Waals surface area (Å²) in [4.78, 5) is 10.0. The van der Waals surface area contributed by atoms with Gasteiger partial charge in [0.25, 0.3) is 0 Å². The van der Waals surface area contributed by atoms with E-state index in [4.69, 9.17) is 0 Å². The van der Waals surface area contributed by atoms with Crippen LogP contribution in [0.25, 0.3) is 11.0 Å². The second-order valence-corrected chi connectivity index (χ2v) is 5.43. The van der Waals surface area contributed by atoms with Gasteiger partial charge in [-0.15, -0.1) is 0 Å². The van der Waals surface area contributed by atoms with Crippen molar-refractivity contribution in [2.75, 3.05) is 31.5 Å². The summed E-state index contributed by atoms with van der Waals surface area (Å²) < 4.78 is 13.1. The average Bonchev–Trinajstić information content (AvgIpc) is 2.66. The molecule has 0 aliphatic carbocycles. The molecule has 0 unspecified atom stereocenters. The van der Waals surface area contributed by atoms with Crippen molar-refractivity contribution in [3.05, 3.63) is 24.0 Å². The highest BCUT2D eigenvalue weighted by molar-refractivity contribution is 5.77. The van der Waals surface area contributed by atoms with E-state index >= 15 is 0 Å². The Morgan fingerprint density at radius 1 is 1.20 bits per heavy atom. The standard InChI is InChI=1S/C15H21FN4/c16-12-5-6-13-14(11-12)19-15(18-13)17-7-10-20-8-3-1-2-4-9-20/h5-6,11H,1-4,7-10H2,(H2,17,18,19). The number of nitrogens with one attached hydrogen (secondary N) is 2. The van der Waals surface area contributed by atoms with Crippen LogP contribution in [0.4, 0.5) is 10.3 Å². The third-order valence-electron chi connectivity index (χ3n) is 3.86. The number of imidazole rings is 1. The summed E-state index contributed by atoms with van der Waals surface area (Å²) in [7, 11) is 0. The van der Waals surface area contributed by atoms with Crippen molar-refractivity contribution in [3.63, 3.8) is 0 Å². The second kappa shape index (κ2) is 6.22. The lowest BCUT2D eigenvalue weighted by molar-refractivity contribution is 0.296. The van der Waals surface area contributed by atoms with Gasteiger partial charge in [0.05, 0.1) is 11.0 Å². The van der Waals surface area contributed by atoms with Crippen LogP contribution in [-0.2, 0) is 0 Å². The molecular weight excluding hydrogens is 255 g/mol. The molecule has 1 aromatic heterocycles. The molecule has 0 saturated carbocycles. The van der Waals surface area contributed by atoms with Crippen molar-refractivity contribution in [2.45, 2.75) is 25.7 Å². The molecule has 1 aromatic carbocycles. The first-order valence-corrected chi connectivity index (χ1v) is 7.43. The molecule has 1 aliphatic heterocycles. The van der Waals surface area contributed by atoms with Crippen LogP contribution in [0.15, 0.2) is 18.2 Å². The lowest BCUT2D eigenvalue weighted by Crippen LogP contribution is -2.30. The molecule has 2 heterocycles. The summed E-state index contributed by atoms with van der Waals surface area (Å²) >= 11 is 0. The molecule has 2 aromatic rings. The number of aromatic amines is 1. The Hall–Kier alpha value is -1.62. The van der Waals surface area contributed by atoms with Crippen molar-refractivity contribution in [2.24, 2.45) is 0 Å². The van der Waals surface area contributed by atoms with E-state index in [0.29, 0.717) is 0 Å². The molecule has 2 N–H and O–H groups in total. The maximum atomic E-state index is 13.1. The highest BCUT2D eigenvalue weighted by Crippen LogP contribution is 2.15. The number of H-pyrrole nitrogens is 1. The van der Waals surface area contributed by atoms with Crippen molar-refractivity contribution < 1.29 is 4.39 Å². The van der Waals surface area contributed by atoms with E-state index < -0.39 is 0 Å². The summed E-state index contributed by atoms with van der Waals surface area (Å²) in [6.07, 6.45) is 5.34. The van der Waals surface area contributed by atoms with Gasteiger partial charge in [-0.25, -0.2) is 9.37 Å². The van der Waals surface area contributed by atoms with Gasteiger partial charge in [0, 0.05) is 13.1 Å². The number of hydrogen-bond donors (Lipinski definition) is 2. The minimum absolute atomic E-state index is 0.239. The summed E-state index contributed by atoms with van der Waals surface area (Å²) in [5.74, 6) is 0.484. The molecule has 3 rings (SSSR count). The van der Waals surface area contributed by atoms with Gasteiger partial charge in [-0.3, -0.25) is 0 Å². The minimum Gasteiger partial charge on any atom is -0.355 e. The van der Waals surface area contributed by atoms with Crippen LogP contribution in [0, 0.1) is 5.82 Å². The minimum atomic E-state index is -0.239. The maximum Gasteiger partial charge on any atom is 0.201 e. The zero-order chi connectivity index (χ0) is 13.8. The predicted octanol–water partition coefficient (Wildman–Crippen LogP) is 2.99. The van der Waals surface area contributed by atoms with Crippen molar-refractivity contribution in [1.82, 2.24) is 14.9 Å². The van der Waals surface area contributed by atoms with Crippen molar-refractivity contribution in [3.8, 4) is 0 Å². The third kappa shape index (κ3) is 3.28. The van der Waals surface area contributed by atoms with E-state index in [1.165, 1.54) is 50.9 Å². The fraction of sp³-hybridized carbons (Fsp3) is 0.533. The van der Waals surface area contributed by atoms with Gasteiger partial charge in [-0.2, -0.15) is 0 Å².